The lowest BCUT2D eigenvalue weighted by molar-refractivity contribution is 0.0970. The van der Waals surface area contributed by atoms with Crippen LogP contribution in [0, 0.1) is 0 Å². The normalized spacial score (nSPS) is 12.2. The van der Waals surface area contributed by atoms with E-state index in [1.807, 2.05) is 18.2 Å². The van der Waals surface area contributed by atoms with Gasteiger partial charge in [0.2, 0.25) is 0 Å². The van der Waals surface area contributed by atoms with Gasteiger partial charge in [-0.1, -0.05) is 26.3 Å². The molecule has 0 saturated heterocycles. The Morgan fingerprint density at radius 1 is 1.10 bits per heavy atom. The Morgan fingerprint density at radius 2 is 1.90 bits per heavy atom. The van der Waals surface area contributed by atoms with Crippen molar-refractivity contribution in [3.8, 4) is 11.5 Å². The van der Waals surface area contributed by atoms with Gasteiger partial charge in [-0.25, -0.2) is 0 Å². The molecule has 0 saturated carbocycles. The molecule has 0 bridgehead atoms. The number of hydrogen-bond donors (Lipinski definition) is 1. The van der Waals surface area contributed by atoms with Gasteiger partial charge < -0.3 is 19.9 Å². The summed E-state index contributed by atoms with van der Waals surface area (Å²) in [5, 5.41) is 0. The van der Waals surface area contributed by atoms with Gasteiger partial charge in [-0.05, 0) is 37.0 Å². The number of benzene rings is 1. The van der Waals surface area contributed by atoms with Crippen molar-refractivity contribution in [2.24, 2.45) is 5.73 Å². The van der Waals surface area contributed by atoms with Gasteiger partial charge in [-0.2, -0.15) is 0 Å². The maximum absolute atomic E-state index is 5.98. The van der Waals surface area contributed by atoms with Crippen LogP contribution in [0.3, 0.4) is 0 Å². The summed E-state index contributed by atoms with van der Waals surface area (Å²) >= 11 is 0. The van der Waals surface area contributed by atoms with Crippen LogP contribution in [0.4, 0.5) is 0 Å². The maximum Gasteiger partial charge on any atom is 0.161 e. The molecule has 0 heterocycles. The molecular formula is C17H29NO3. The Hall–Kier alpha value is -1.26. The highest BCUT2D eigenvalue weighted by Gasteiger charge is 2.08. The zero-order valence-electron chi connectivity index (χ0n) is 13.6. The zero-order valence-corrected chi connectivity index (χ0v) is 13.6. The Morgan fingerprint density at radius 3 is 2.57 bits per heavy atom. The van der Waals surface area contributed by atoms with E-state index in [9.17, 15) is 0 Å². The van der Waals surface area contributed by atoms with Crippen LogP contribution in [0.2, 0.25) is 0 Å². The van der Waals surface area contributed by atoms with Crippen LogP contribution in [-0.4, -0.2) is 33.0 Å². The minimum atomic E-state index is 0.188. The molecule has 1 atom stereocenters. The lowest BCUT2D eigenvalue weighted by Gasteiger charge is -2.14. The molecule has 2 N–H and O–H groups in total. The summed E-state index contributed by atoms with van der Waals surface area (Å²) in [6.45, 7) is 6.18. The molecule has 1 aromatic carbocycles. The summed E-state index contributed by atoms with van der Waals surface area (Å²) in [7, 11) is 1.66. The lowest BCUT2D eigenvalue weighted by atomic mass is 10.0. The third-order valence-corrected chi connectivity index (χ3v) is 3.38. The fourth-order valence-electron chi connectivity index (χ4n) is 1.96. The Balaban J connectivity index is 2.46. The number of methoxy groups -OCH3 is 1. The van der Waals surface area contributed by atoms with Crippen LogP contribution in [0.15, 0.2) is 18.2 Å². The number of unbranched alkanes of at least 4 members (excludes halogenated alkanes) is 1. The van der Waals surface area contributed by atoms with Gasteiger partial charge in [0.1, 0.15) is 6.61 Å². The topological polar surface area (TPSA) is 53.7 Å². The van der Waals surface area contributed by atoms with Gasteiger partial charge >= 0.3 is 0 Å². The van der Waals surface area contributed by atoms with Crippen LogP contribution in [0.25, 0.3) is 0 Å². The van der Waals surface area contributed by atoms with Crippen LogP contribution in [-0.2, 0) is 11.2 Å². The monoisotopic (exact) mass is 295 g/mol. The summed E-state index contributed by atoms with van der Waals surface area (Å²) in [4.78, 5) is 0. The largest absolute Gasteiger partial charge is 0.493 e. The molecule has 4 heteroatoms. The SMILES string of the molecule is CCCCOCCOc1ccc(CC(N)CC)cc1OC. The van der Waals surface area contributed by atoms with E-state index >= 15 is 0 Å². The molecule has 0 fully saturated rings. The second-order valence-corrected chi connectivity index (χ2v) is 5.17. The summed E-state index contributed by atoms with van der Waals surface area (Å²) < 4.78 is 16.6. The van der Waals surface area contributed by atoms with Crippen LogP contribution >= 0.6 is 0 Å². The van der Waals surface area contributed by atoms with Crippen molar-refractivity contribution in [2.45, 2.75) is 45.6 Å². The molecule has 0 aliphatic carbocycles. The first-order valence-electron chi connectivity index (χ1n) is 7.84. The number of nitrogens with two attached hydrogens (primary N) is 1. The molecule has 120 valence electrons. The van der Waals surface area contributed by atoms with E-state index in [4.69, 9.17) is 19.9 Å². The van der Waals surface area contributed by atoms with Gasteiger partial charge in [0.25, 0.3) is 0 Å². The van der Waals surface area contributed by atoms with Gasteiger partial charge in [0, 0.05) is 12.6 Å². The predicted octanol–water partition coefficient (Wildman–Crippen LogP) is 3.17. The smallest absolute Gasteiger partial charge is 0.161 e. The summed E-state index contributed by atoms with van der Waals surface area (Å²) in [5.41, 5.74) is 7.16. The molecule has 21 heavy (non-hydrogen) atoms. The second-order valence-electron chi connectivity index (χ2n) is 5.17. The van der Waals surface area contributed by atoms with Crippen LogP contribution < -0.4 is 15.2 Å². The lowest BCUT2D eigenvalue weighted by Crippen LogP contribution is -2.21. The summed E-state index contributed by atoms with van der Waals surface area (Å²) in [6, 6.07) is 6.19. The highest BCUT2D eigenvalue weighted by molar-refractivity contribution is 5.43. The van der Waals surface area contributed by atoms with Crippen molar-refractivity contribution in [3.63, 3.8) is 0 Å². The molecule has 0 aliphatic heterocycles. The van der Waals surface area contributed by atoms with E-state index in [0.29, 0.717) is 13.2 Å². The van der Waals surface area contributed by atoms with E-state index in [-0.39, 0.29) is 6.04 Å². The zero-order chi connectivity index (χ0) is 15.5. The van der Waals surface area contributed by atoms with Crippen molar-refractivity contribution in [1.29, 1.82) is 0 Å². The highest BCUT2D eigenvalue weighted by atomic mass is 16.5. The van der Waals surface area contributed by atoms with E-state index in [1.165, 1.54) is 5.56 Å². The number of rotatable bonds is 11. The van der Waals surface area contributed by atoms with Crippen LogP contribution in [0.1, 0.15) is 38.7 Å². The number of ether oxygens (including phenoxy) is 3. The standard InChI is InChI=1S/C17H29NO3/c1-4-6-9-20-10-11-21-16-8-7-14(12-15(18)5-2)13-17(16)19-3/h7-8,13,15H,4-6,9-12,18H2,1-3H3. The van der Waals surface area contributed by atoms with Crippen molar-refractivity contribution in [2.75, 3.05) is 26.9 Å². The molecule has 0 spiro atoms. The van der Waals surface area contributed by atoms with Gasteiger partial charge in [-0.15, -0.1) is 0 Å². The van der Waals surface area contributed by atoms with E-state index in [0.717, 1.165) is 43.8 Å². The molecular weight excluding hydrogens is 266 g/mol. The first kappa shape index (κ1) is 17.8. The van der Waals surface area contributed by atoms with Gasteiger partial charge in [-0.3, -0.25) is 0 Å². The Labute approximate surface area is 128 Å². The average molecular weight is 295 g/mol. The summed E-state index contributed by atoms with van der Waals surface area (Å²) in [6.07, 6.45) is 4.06. The molecule has 0 amide bonds. The van der Waals surface area contributed by atoms with Gasteiger partial charge in [0.05, 0.1) is 13.7 Å². The first-order chi connectivity index (χ1) is 10.2. The molecule has 0 aliphatic rings. The molecule has 1 unspecified atom stereocenters. The maximum atomic E-state index is 5.98. The summed E-state index contributed by atoms with van der Waals surface area (Å²) in [5.74, 6) is 1.51. The van der Waals surface area contributed by atoms with Crippen molar-refractivity contribution in [3.05, 3.63) is 23.8 Å². The molecule has 0 radical (unpaired) electrons. The second kappa shape index (κ2) is 10.5. The van der Waals surface area contributed by atoms with E-state index < -0.39 is 0 Å². The first-order valence-corrected chi connectivity index (χ1v) is 7.84. The molecule has 1 rings (SSSR count). The third kappa shape index (κ3) is 6.82. The average Bonchev–Trinajstić information content (AvgIpc) is 2.51. The molecule has 4 nitrogen and oxygen atoms in total. The van der Waals surface area contributed by atoms with E-state index in [1.54, 1.807) is 7.11 Å². The van der Waals surface area contributed by atoms with Gasteiger partial charge in [0.15, 0.2) is 11.5 Å². The van der Waals surface area contributed by atoms with E-state index in [2.05, 4.69) is 13.8 Å². The minimum Gasteiger partial charge on any atom is -0.493 e. The Kier molecular flexibility index (Phi) is 8.87. The minimum absolute atomic E-state index is 0.188. The fraction of sp³-hybridized carbons (Fsp3) is 0.647. The van der Waals surface area contributed by atoms with Crippen LogP contribution in [0.5, 0.6) is 11.5 Å². The van der Waals surface area contributed by atoms with Crippen molar-refractivity contribution >= 4 is 0 Å². The Bertz CT molecular complexity index is 396. The highest BCUT2D eigenvalue weighted by Crippen LogP contribution is 2.28. The number of hydrogen-bond acceptors (Lipinski definition) is 4. The van der Waals surface area contributed by atoms with Crippen molar-refractivity contribution in [1.82, 2.24) is 0 Å². The fourth-order valence-corrected chi connectivity index (χ4v) is 1.96. The predicted molar refractivity (Wildman–Crippen MR) is 86.2 cm³/mol. The third-order valence-electron chi connectivity index (χ3n) is 3.38. The molecule has 0 aromatic heterocycles. The molecule has 1 aromatic rings. The quantitative estimate of drug-likeness (QED) is 0.637. The van der Waals surface area contributed by atoms with Crippen molar-refractivity contribution < 1.29 is 14.2 Å².